The predicted molar refractivity (Wildman–Crippen MR) is 112 cm³/mol. The molecule has 120 valence electrons. The standard InChI is InChI=1S/C22H14BrNS/c23-21-14-20-22(25-21)18-8-4-5-9-19(18)24(20)17-12-10-16(11-13-17)15-6-2-1-3-7-15/h1-14H. The lowest BCUT2D eigenvalue weighted by Crippen LogP contribution is -1.93. The van der Waals surface area contributed by atoms with E-state index in [9.17, 15) is 0 Å². The molecule has 0 fully saturated rings. The summed E-state index contributed by atoms with van der Waals surface area (Å²) >= 11 is 5.44. The zero-order valence-electron chi connectivity index (χ0n) is 13.3. The van der Waals surface area contributed by atoms with Crippen LogP contribution in [0.1, 0.15) is 0 Å². The third-order valence-corrected chi connectivity index (χ3v) is 6.21. The van der Waals surface area contributed by atoms with Crippen molar-refractivity contribution < 1.29 is 0 Å². The lowest BCUT2D eigenvalue weighted by Gasteiger charge is -2.08. The van der Waals surface area contributed by atoms with Gasteiger partial charge >= 0.3 is 0 Å². The van der Waals surface area contributed by atoms with Crippen LogP contribution in [0.4, 0.5) is 0 Å². The predicted octanol–water partition coefficient (Wildman–Crippen LogP) is 7.27. The molecule has 5 aromatic rings. The van der Waals surface area contributed by atoms with Gasteiger partial charge < -0.3 is 4.57 Å². The second-order valence-electron chi connectivity index (χ2n) is 6.03. The molecule has 0 unspecified atom stereocenters. The Labute approximate surface area is 158 Å². The number of benzene rings is 3. The summed E-state index contributed by atoms with van der Waals surface area (Å²) in [5.74, 6) is 0. The molecule has 2 heterocycles. The summed E-state index contributed by atoms with van der Waals surface area (Å²) < 4.78 is 4.84. The van der Waals surface area contributed by atoms with Crippen LogP contribution in [0, 0.1) is 0 Å². The van der Waals surface area contributed by atoms with Crippen molar-refractivity contribution in [3.8, 4) is 16.8 Å². The van der Waals surface area contributed by atoms with E-state index in [2.05, 4.69) is 105 Å². The summed E-state index contributed by atoms with van der Waals surface area (Å²) in [6.07, 6.45) is 0. The van der Waals surface area contributed by atoms with Crippen LogP contribution in [0.25, 0.3) is 37.9 Å². The van der Waals surface area contributed by atoms with E-state index in [4.69, 9.17) is 0 Å². The molecule has 0 aliphatic rings. The van der Waals surface area contributed by atoms with Gasteiger partial charge in [-0.25, -0.2) is 0 Å². The first-order valence-corrected chi connectivity index (χ1v) is 9.76. The Morgan fingerprint density at radius 3 is 2.16 bits per heavy atom. The largest absolute Gasteiger partial charge is 0.308 e. The molecule has 0 spiro atoms. The smallest absolute Gasteiger partial charge is 0.0726 e. The quantitative estimate of drug-likeness (QED) is 0.291. The summed E-state index contributed by atoms with van der Waals surface area (Å²) in [4.78, 5) is 0. The number of nitrogens with zero attached hydrogens (tertiary/aromatic N) is 1. The Kier molecular flexibility index (Phi) is 3.51. The van der Waals surface area contributed by atoms with Crippen molar-refractivity contribution in [3.05, 3.63) is 88.7 Å². The highest BCUT2D eigenvalue weighted by molar-refractivity contribution is 9.11. The maximum atomic E-state index is 3.64. The fourth-order valence-corrected chi connectivity index (χ4v) is 5.02. The van der Waals surface area contributed by atoms with Gasteiger partial charge in [-0.05, 0) is 51.3 Å². The Morgan fingerprint density at radius 1 is 0.680 bits per heavy atom. The molecule has 0 aliphatic carbocycles. The van der Waals surface area contributed by atoms with Crippen LogP contribution < -0.4 is 0 Å². The van der Waals surface area contributed by atoms with Gasteiger partial charge in [-0.3, -0.25) is 0 Å². The SMILES string of the molecule is Brc1cc2c(s1)c1ccccc1n2-c1ccc(-c2ccccc2)cc1. The van der Waals surface area contributed by atoms with Crippen LogP contribution in [0.15, 0.2) is 88.7 Å². The van der Waals surface area contributed by atoms with Crippen molar-refractivity contribution in [1.82, 2.24) is 4.57 Å². The van der Waals surface area contributed by atoms with Crippen molar-refractivity contribution >= 4 is 48.4 Å². The number of hydrogen-bond donors (Lipinski definition) is 0. The molecule has 0 N–H and O–H groups in total. The van der Waals surface area contributed by atoms with Gasteiger partial charge in [0.1, 0.15) is 0 Å². The Bertz CT molecular complexity index is 1180. The fraction of sp³-hybridized carbons (Fsp3) is 0. The fourth-order valence-electron chi connectivity index (χ4n) is 3.41. The monoisotopic (exact) mass is 403 g/mol. The molecule has 0 bridgehead atoms. The maximum absolute atomic E-state index is 3.64. The molecular formula is C22H14BrNS. The van der Waals surface area contributed by atoms with Gasteiger partial charge in [0.25, 0.3) is 0 Å². The zero-order chi connectivity index (χ0) is 16.8. The van der Waals surface area contributed by atoms with Crippen molar-refractivity contribution in [1.29, 1.82) is 0 Å². The highest BCUT2D eigenvalue weighted by Gasteiger charge is 2.14. The van der Waals surface area contributed by atoms with E-state index in [-0.39, 0.29) is 0 Å². The van der Waals surface area contributed by atoms with Crippen molar-refractivity contribution in [3.63, 3.8) is 0 Å². The van der Waals surface area contributed by atoms with E-state index < -0.39 is 0 Å². The van der Waals surface area contributed by atoms with E-state index in [1.54, 1.807) is 11.3 Å². The molecule has 0 atom stereocenters. The molecule has 25 heavy (non-hydrogen) atoms. The van der Waals surface area contributed by atoms with Crippen LogP contribution in [0.3, 0.4) is 0 Å². The third kappa shape index (κ3) is 2.43. The number of rotatable bonds is 2. The normalized spacial score (nSPS) is 11.4. The Balaban J connectivity index is 1.72. The molecular weight excluding hydrogens is 390 g/mol. The molecule has 0 amide bonds. The molecule has 0 radical (unpaired) electrons. The molecule has 0 aliphatic heterocycles. The minimum Gasteiger partial charge on any atom is -0.308 e. The molecule has 3 heteroatoms. The van der Waals surface area contributed by atoms with Gasteiger partial charge in [0.15, 0.2) is 0 Å². The minimum atomic E-state index is 1.16. The van der Waals surface area contributed by atoms with Crippen LogP contribution in [0.2, 0.25) is 0 Å². The van der Waals surface area contributed by atoms with Crippen LogP contribution in [0.5, 0.6) is 0 Å². The van der Waals surface area contributed by atoms with Crippen molar-refractivity contribution in [2.24, 2.45) is 0 Å². The number of aromatic nitrogens is 1. The lowest BCUT2D eigenvalue weighted by atomic mass is 10.1. The molecule has 1 nitrogen and oxygen atoms in total. The average molecular weight is 404 g/mol. The van der Waals surface area contributed by atoms with Gasteiger partial charge in [0.05, 0.1) is 19.5 Å². The average Bonchev–Trinajstić information content (AvgIpc) is 3.17. The first-order chi connectivity index (χ1) is 12.3. The maximum Gasteiger partial charge on any atom is 0.0726 e. The van der Waals surface area contributed by atoms with E-state index in [0.717, 1.165) is 3.79 Å². The highest BCUT2D eigenvalue weighted by atomic mass is 79.9. The van der Waals surface area contributed by atoms with Gasteiger partial charge in [-0.15, -0.1) is 11.3 Å². The van der Waals surface area contributed by atoms with Gasteiger partial charge in [0, 0.05) is 11.1 Å². The number of hydrogen-bond acceptors (Lipinski definition) is 1. The van der Waals surface area contributed by atoms with E-state index >= 15 is 0 Å². The number of halogens is 1. The molecule has 0 saturated heterocycles. The van der Waals surface area contributed by atoms with Gasteiger partial charge in [-0.1, -0.05) is 60.7 Å². The van der Waals surface area contributed by atoms with Crippen molar-refractivity contribution in [2.75, 3.05) is 0 Å². The molecule has 0 saturated carbocycles. The number of para-hydroxylation sites is 1. The van der Waals surface area contributed by atoms with Crippen LogP contribution in [-0.2, 0) is 0 Å². The molecule has 2 aromatic heterocycles. The summed E-state index contributed by atoms with van der Waals surface area (Å²) in [5, 5.41) is 1.31. The van der Waals surface area contributed by atoms with Gasteiger partial charge in [-0.2, -0.15) is 0 Å². The second kappa shape index (κ2) is 5.87. The van der Waals surface area contributed by atoms with E-state index in [1.807, 2.05) is 0 Å². The summed E-state index contributed by atoms with van der Waals surface area (Å²) in [7, 11) is 0. The van der Waals surface area contributed by atoms with E-state index in [0.29, 0.717) is 0 Å². The minimum absolute atomic E-state index is 1.16. The zero-order valence-corrected chi connectivity index (χ0v) is 15.7. The van der Waals surface area contributed by atoms with Crippen LogP contribution >= 0.6 is 27.3 Å². The Morgan fingerprint density at radius 2 is 1.36 bits per heavy atom. The van der Waals surface area contributed by atoms with Crippen LogP contribution in [-0.4, -0.2) is 4.57 Å². The highest BCUT2D eigenvalue weighted by Crippen LogP contribution is 2.39. The second-order valence-corrected chi connectivity index (χ2v) is 8.46. The molecule has 5 rings (SSSR count). The first-order valence-electron chi connectivity index (χ1n) is 8.15. The summed E-state index contributed by atoms with van der Waals surface area (Å²) in [6, 6.07) is 30.1. The first kappa shape index (κ1) is 14.9. The number of fused-ring (bicyclic) bond motifs is 3. The summed E-state index contributed by atoms with van der Waals surface area (Å²) in [6.45, 7) is 0. The lowest BCUT2D eigenvalue weighted by molar-refractivity contribution is 1.18. The van der Waals surface area contributed by atoms with Gasteiger partial charge in [0.2, 0.25) is 0 Å². The topological polar surface area (TPSA) is 4.93 Å². The third-order valence-electron chi connectivity index (χ3n) is 4.55. The number of thiophene rings is 1. The van der Waals surface area contributed by atoms with Crippen molar-refractivity contribution in [2.45, 2.75) is 0 Å². The summed E-state index contributed by atoms with van der Waals surface area (Å²) in [5.41, 5.74) is 6.18. The van der Waals surface area contributed by atoms with E-state index in [1.165, 1.54) is 37.9 Å². The Hall–Kier alpha value is -2.36. The molecule has 3 aromatic carbocycles.